The molecule has 2 N–H and O–H groups in total. The Morgan fingerprint density at radius 1 is 1.19 bits per heavy atom. The second-order valence-electron chi connectivity index (χ2n) is 9.20. The zero-order chi connectivity index (χ0) is 23.7. The van der Waals surface area contributed by atoms with Crippen molar-refractivity contribution in [3.63, 3.8) is 0 Å². The van der Waals surface area contributed by atoms with E-state index in [4.69, 9.17) is 6.42 Å². The highest BCUT2D eigenvalue weighted by atomic mass is 19.4. The number of hydrogen-bond donors (Lipinski definition) is 2. The fourth-order valence-electron chi connectivity index (χ4n) is 4.27. The van der Waals surface area contributed by atoms with Gasteiger partial charge in [-0.25, -0.2) is 0 Å². The summed E-state index contributed by atoms with van der Waals surface area (Å²) in [6.45, 7) is 7.42. The summed E-state index contributed by atoms with van der Waals surface area (Å²) >= 11 is 0. The van der Waals surface area contributed by atoms with Gasteiger partial charge in [0.1, 0.15) is 0 Å². The Hall–Kier alpha value is -2.40. The summed E-state index contributed by atoms with van der Waals surface area (Å²) in [6, 6.07) is 5.68. The summed E-state index contributed by atoms with van der Waals surface area (Å²) in [6.07, 6.45) is 1.29. The van der Waals surface area contributed by atoms with E-state index in [9.17, 15) is 28.2 Å². The average Bonchev–Trinajstić information content (AvgIpc) is 3.48. The maximum atomic E-state index is 13.1. The maximum absolute atomic E-state index is 13.1. The van der Waals surface area contributed by atoms with Crippen LogP contribution >= 0.6 is 0 Å². The molecule has 31 heavy (non-hydrogen) atoms. The first-order valence-electron chi connectivity index (χ1n) is 10.2. The van der Waals surface area contributed by atoms with Crippen molar-refractivity contribution in [1.82, 2.24) is 0 Å². The summed E-state index contributed by atoms with van der Waals surface area (Å²) in [4.78, 5) is 12.0. The van der Waals surface area contributed by atoms with Crippen LogP contribution in [0.15, 0.2) is 34.5 Å². The van der Waals surface area contributed by atoms with Crippen LogP contribution in [-0.4, -0.2) is 28.5 Å². The van der Waals surface area contributed by atoms with E-state index in [0.29, 0.717) is 24.8 Å². The molecule has 3 unspecified atom stereocenters. The van der Waals surface area contributed by atoms with Gasteiger partial charge in [0.25, 0.3) is 0 Å². The van der Waals surface area contributed by atoms with Crippen LogP contribution in [0.1, 0.15) is 58.1 Å². The zero-order valence-electron chi connectivity index (χ0n) is 18.2. The van der Waals surface area contributed by atoms with Gasteiger partial charge in [-0.05, 0) is 50.5 Å². The quantitative estimate of drug-likeness (QED) is 0.485. The molecule has 0 saturated carbocycles. The number of carboxylic acids is 1. The van der Waals surface area contributed by atoms with Crippen LogP contribution in [0.3, 0.4) is 0 Å². The van der Waals surface area contributed by atoms with Crippen molar-refractivity contribution in [1.29, 1.82) is 0 Å². The monoisotopic (exact) mass is 438 g/mol. The summed E-state index contributed by atoms with van der Waals surface area (Å²) in [5, 5.41) is 27.0. The molecule has 1 aromatic rings. The number of alkyl halides is 3. The Morgan fingerprint density at radius 2 is 1.74 bits per heavy atom. The molecule has 170 valence electrons. The number of aryl methyl sites for hydroxylation is 1. The predicted octanol–water partition coefficient (Wildman–Crippen LogP) is 5.33. The molecule has 0 aromatic heterocycles. The number of hydrogen-bond acceptors (Lipinski definition) is 4. The lowest BCUT2D eigenvalue weighted by molar-refractivity contribution is -0.166. The predicted molar refractivity (Wildman–Crippen MR) is 110 cm³/mol. The first kappa shape index (κ1) is 24.9. The molecule has 0 amide bonds. The number of aliphatic hydroxyl groups is 1. The van der Waals surface area contributed by atoms with Gasteiger partial charge in [0, 0.05) is 11.0 Å². The summed E-state index contributed by atoms with van der Waals surface area (Å²) < 4.78 is 39.3. The number of halogens is 3. The molecule has 0 bridgehead atoms. The highest BCUT2D eigenvalue weighted by Crippen LogP contribution is 2.52. The Labute approximate surface area is 180 Å². The summed E-state index contributed by atoms with van der Waals surface area (Å²) in [7, 11) is 0. The van der Waals surface area contributed by atoms with Gasteiger partial charge in [0.15, 0.2) is 0 Å². The highest BCUT2D eigenvalue weighted by molar-refractivity contribution is 5.71. The van der Waals surface area contributed by atoms with Crippen molar-refractivity contribution in [2.45, 2.75) is 71.3 Å². The molecule has 1 heterocycles. The second kappa shape index (κ2) is 8.62. The van der Waals surface area contributed by atoms with E-state index in [0.717, 1.165) is 0 Å². The van der Waals surface area contributed by atoms with Gasteiger partial charge in [0.05, 0.1) is 12.0 Å². The van der Waals surface area contributed by atoms with Gasteiger partial charge < -0.3 is 10.2 Å². The van der Waals surface area contributed by atoms with E-state index in [-0.39, 0.29) is 12.0 Å². The largest absolute Gasteiger partial charge is 0.481 e. The highest BCUT2D eigenvalue weighted by Gasteiger charge is 2.65. The van der Waals surface area contributed by atoms with Crippen LogP contribution < -0.4 is 0 Å². The van der Waals surface area contributed by atoms with Gasteiger partial charge in [-0.2, -0.15) is 13.2 Å². The fourth-order valence-corrected chi connectivity index (χ4v) is 4.27. The normalized spacial score (nSPS) is 19.2. The lowest BCUT2D eigenvalue weighted by Gasteiger charge is -2.41. The van der Waals surface area contributed by atoms with Crippen molar-refractivity contribution in [2.75, 3.05) is 0 Å². The van der Waals surface area contributed by atoms with Crippen molar-refractivity contribution in [3.05, 3.63) is 35.4 Å². The Morgan fingerprint density at radius 3 is 2.13 bits per heavy atom. The molecule has 2 rings (SSSR count). The topological polar surface area (TPSA) is 82.2 Å². The van der Waals surface area contributed by atoms with Crippen LogP contribution in [0.25, 0.3) is 0 Å². The molecule has 3 atom stereocenters. The van der Waals surface area contributed by atoms with E-state index in [2.05, 4.69) is 16.1 Å². The van der Waals surface area contributed by atoms with Gasteiger partial charge in [-0.1, -0.05) is 38.1 Å². The number of benzene rings is 1. The number of terminal acetylenes is 1. The third-order valence-electron chi connectivity index (χ3n) is 6.23. The van der Waals surface area contributed by atoms with E-state index in [1.807, 2.05) is 27.7 Å². The molecule has 0 radical (unpaired) electrons. The van der Waals surface area contributed by atoms with E-state index >= 15 is 0 Å². The molecular formula is C23H29F3N2O3. The second-order valence-corrected chi connectivity index (χ2v) is 9.20. The number of carbonyl (C=O) groups is 1. The van der Waals surface area contributed by atoms with Crippen LogP contribution in [0.2, 0.25) is 0 Å². The molecule has 5 nitrogen and oxygen atoms in total. The van der Waals surface area contributed by atoms with Crippen molar-refractivity contribution >= 4 is 5.97 Å². The maximum Gasteiger partial charge on any atom is 0.442 e. The number of aliphatic hydroxyl groups excluding tert-OH is 1. The average molecular weight is 438 g/mol. The van der Waals surface area contributed by atoms with Crippen molar-refractivity contribution < 1.29 is 28.2 Å². The molecule has 0 fully saturated rings. The van der Waals surface area contributed by atoms with Crippen LogP contribution in [0.5, 0.6) is 0 Å². The first-order valence-corrected chi connectivity index (χ1v) is 10.2. The molecule has 8 heteroatoms. The lowest BCUT2D eigenvalue weighted by Crippen LogP contribution is -2.43. The first-order chi connectivity index (χ1) is 14.2. The van der Waals surface area contributed by atoms with Gasteiger partial charge >= 0.3 is 17.8 Å². The SMILES string of the molecule is C#CC(C)(C)CC(C)(CC)C(C(=O)O)C(O)CCc1ccc(C2(C(F)(F)F)N=N2)cc1. The van der Waals surface area contributed by atoms with Crippen molar-refractivity contribution in [3.8, 4) is 12.3 Å². The Balaban J connectivity index is 2.11. The number of nitrogens with zero attached hydrogens (tertiary/aromatic N) is 2. The minimum atomic E-state index is -4.59. The number of carboxylic acid groups (broad SMARTS) is 1. The minimum absolute atomic E-state index is 0.0669. The fraction of sp³-hybridized carbons (Fsp3) is 0.609. The lowest BCUT2D eigenvalue weighted by atomic mass is 9.63. The molecular weight excluding hydrogens is 409 g/mol. The Bertz CT molecular complexity index is 866. The van der Waals surface area contributed by atoms with Crippen LogP contribution in [-0.2, 0) is 16.9 Å². The molecule has 1 aliphatic rings. The number of rotatable bonds is 10. The van der Waals surface area contributed by atoms with Crippen molar-refractivity contribution in [2.24, 2.45) is 27.0 Å². The smallest absolute Gasteiger partial charge is 0.442 e. The number of aliphatic carboxylic acids is 1. The minimum Gasteiger partial charge on any atom is -0.481 e. The standard InChI is InChI=1S/C23H29F3N2O3/c1-6-20(3,4)14-21(5,7-2)18(19(30)31)17(29)13-10-15-8-11-16(12-9-15)22(27-28-22)23(24,25)26/h1,8-9,11-12,17-18,29H,7,10,13-14H2,2-5H3,(H,30,31). The summed E-state index contributed by atoms with van der Waals surface area (Å²) in [5.41, 5.74) is -3.10. The third kappa shape index (κ3) is 5.27. The molecule has 1 aliphatic heterocycles. The molecule has 0 saturated heterocycles. The van der Waals surface area contributed by atoms with Gasteiger partial charge in [-0.15, -0.1) is 22.6 Å². The third-order valence-corrected chi connectivity index (χ3v) is 6.23. The van der Waals surface area contributed by atoms with E-state index in [1.165, 1.54) is 24.3 Å². The molecule has 0 aliphatic carbocycles. The summed E-state index contributed by atoms with van der Waals surface area (Å²) in [5.74, 6) is 0.566. The van der Waals surface area contributed by atoms with E-state index < -0.39 is 40.7 Å². The van der Waals surface area contributed by atoms with Gasteiger partial charge in [0.2, 0.25) is 0 Å². The van der Waals surface area contributed by atoms with Crippen LogP contribution in [0.4, 0.5) is 13.2 Å². The van der Waals surface area contributed by atoms with E-state index in [1.54, 1.807) is 0 Å². The molecule has 1 aromatic carbocycles. The van der Waals surface area contributed by atoms with Gasteiger partial charge in [-0.3, -0.25) is 4.79 Å². The molecule has 0 spiro atoms. The van der Waals surface area contributed by atoms with Crippen LogP contribution in [0, 0.1) is 29.1 Å². The zero-order valence-corrected chi connectivity index (χ0v) is 18.2. The Kier molecular flexibility index (Phi) is 6.91.